The van der Waals surface area contributed by atoms with Gasteiger partial charge < -0.3 is 10.1 Å². The van der Waals surface area contributed by atoms with E-state index in [1.54, 1.807) is 0 Å². The molecule has 1 heterocycles. The van der Waals surface area contributed by atoms with Crippen molar-refractivity contribution in [1.29, 1.82) is 0 Å². The summed E-state index contributed by atoms with van der Waals surface area (Å²) in [7, 11) is 0. The topological polar surface area (TPSA) is 116 Å². The predicted octanol–water partition coefficient (Wildman–Crippen LogP) is 1.65. The SMILES string of the molecule is Cc1nn(CC(=O)OCC(=O)N[C@H]2CCCC[C@@H]2C)c(C)c1[N+](=O)[O-]. The van der Waals surface area contributed by atoms with Gasteiger partial charge >= 0.3 is 11.7 Å². The number of esters is 1. The number of carbonyl (C=O) groups excluding carboxylic acids is 2. The summed E-state index contributed by atoms with van der Waals surface area (Å²) in [5.41, 5.74) is 0.399. The first kappa shape index (κ1) is 18.9. The summed E-state index contributed by atoms with van der Waals surface area (Å²) < 4.78 is 6.19. The molecule has 0 aromatic carbocycles. The average Bonchev–Trinajstić information content (AvgIpc) is 2.81. The van der Waals surface area contributed by atoms with E-state index in [2.05, 4.69) is 17.3 Å². The van der Waals surface area contributed by atoms with Crippen LogP contribution in [0.3, 0.4) is 0 Å². The van der Waals surface area contributed by atoms with E-state index in [0.717, 1.165) is 19.3 Å². The number of nitrogens with zero attached hydrogens (tertiary/aromatic N) is 3. The van der Waals surface area contributed by atoms with E-state index >= 15 is 0 Å². The summed E-state index contributed by atoms with van der Waals surface area (Å²) in [6, 6.07) is 0.124. The van der Waals surface area contributed by atoms with Gasteiger partial charge in [0.25, 0.3) is 5.91 Å². The van der Waals surface area contributed by atoms with E-state index in [9.17, 15) is 19.7 Å². The predicted molar refractivity (Wildman–Crippen MR) is 88.9 cm³/mol. The van der Waals surface area contributed by atoms with Crippen molar-refractivity contribution in [3.05, 3.63) is 21.5 Å². The molecule has 1 saturated carbocycles. The van der Waals surface area contributed by atoms with Gasteiger partial charge in [0.05, 0.1) is 4.92 Å². The molecule has 2 atom stereocenters. The van der Waals surface area contributed by atoms with Gasteiger partial charge in [-0.25, -0.2) is 0 Å². The molecule has 1 aliphatic rings. The van der Waals surface area contributed by atoms with E-state index in [-0.39, 0.29) is 42.2 Å². The molecular formula is C16H24N4O5. The highest BCUT2D eigenvalue weighted by Gasteiger charge is 2.25. The van der Waals surface area contributed by atoms with E-state index in [1.807, 2.05) is 0 Å². The van der Waals surface area contributed by atoms with Crippen LogP contribution in [0.25, 0.3) is 0 Å². The molecule has 1 amide bonds. The number of amides is 1. The number of hydrogen-bond acceptors (Lipinski definition) is 6. The third-order valence-corrected chi connectivity index (χ3v) is 4.63. The van der Waals surface area contributed by atoms with Gasteiger partial charge in [-0.3, -0.25) is 24.4 Å². The number of rotatable bonds is 6. The monoisotopic (exact) mass is 352 g/mol. The molecule has 2 rings (SSSR count). The molecule has 1 fully saturated rings. The van der Waals surface area contributed by atoms with E-state index < -0.39 is 10.9 Å². The number of ether oxygens (including phenoxy) is 1. The lowest BCUT2D eigenvalue weighted by Gasteiger charge is -2.29. The Morgan fingerprint density at radius 1 is 1.36 bits per heavy atom. The van der Waals surface area contributed by atoms with Gasteiger partial charge in [-0.15, -0.1) is 0 Å². The summed E-state index contributed by atoms with van der Waals surface area (Å²) in [6.45, 7) is 4.50. The summed E-state index contributed by atoms with van der Waals surface area (Å²) in [5.74, 6) is -0.567. The highest BCUT2D eigenvalue weighted by atomic mass is 16.6. The molecule has 0 saturated heterocycles. The van der Waals surface area contributed by atoms with Crippen LogP contribution in [0, 0.1) is 29.9 Å². The van der Waals surface area contributed by atoms with Crippen molar-refractivity contribution in [3.63, 3.8) is 0 Å². The molecule has 138 valence electrons. The van der Waals surface area contributed by atoms with Crippen LogP contribution in [0.15, 0.2) is 0 Å². The zero-order valence-electron chi connectivity index (χ0n) is 14.8. The maximum absolute atomic E-state index is 11.9. The highest BCUT2D eigenvalue weighted by Crippen LogP contribution is 2.23. The first-order valence-electron chi connectivity index (χ1n) is 8.43. The van der Waals surface area contributed by atoms with Gasteiger partial charge in [0, 0.05) is 6.04 Å². The minimum atomic E-state index is -0.660. The van der Waals surface area contributed by atoms with Crippen molar-refractivity contribution in [2.75, 3.05) is 6.61 Å². The lowest BCUT2D eigenvalue weighted by molar-refractivity contribution is -0.386. The fraction of sp³-hybridized carbons (Fsp3) is 0.688. The number of nitrogens with one attached hydrogen (secondary N) is 1. The Labute approximate surface area is 145 Å². The molecule has 0 spiro atoms. The second-order valence-electron chi connectivity index (χ2n) is 6.53. The lowest BCUT2D eigenvalue weighted by atomic mass is 9.86. The summed E-state index contributed by atoms with van der Waals surface area (Å²) in [5, 5.41) is 17.8. The molecule has 9 nitrogen and oxygen atoms in total. The first-order chi connectivity index (χ1) is 11.8. The zero-order valence-corrected chi connectivity index (χ0v) is 14.8. The van der Waals surface area contributed by atoms with Crippen LogP contribution in [0.5, 0.6) is 0 Å². The van der Waals surface area contributed by atoms with Gasteiger partial charge in [0.2, 0.25) is 0 Å². The molecule has 0 bridgehead atoms. The van der Waals surface area contributed by atoms with E-state index in [4.69, 9.17) is 4.74 Å². The molecule has 0 aliphatic heterocycles. The Kier molecular flexibility index (Phi) is 6.11. The second kappa shape index (κ2) is 8.09. The molecule has 1 aromatic rings. The van der Waals surface area contributed by atoms with Gasteiger partial charge in [0.15, 0.2) is 6.61 Å². The molecular weight excluding hydrogens is 328 g/mol. The molecule has 1 aliphatic carbocycles. The van der Waals surface area contributed by atoms with Crippen LogP contribution in [0.2, 0.25) is 0 Å². The van der Waals surface area contributed by atoms with Crippen LogP contribution in [0.1, 0.15) is 44.0 Å². The average molecular weight is 352 g/mol. The molecule has 1 N–H and O–H groups in total. The Hall–Kier alpha value is -2.45. The molecule has 9 heteroatoms. The molecule has 0 radical (unpaired) electrons. The number of aromatic nitrogens is 2. The number of hydrogen-bond donors (Lipinski definition) is 1. The Morgan fingerprint density at radius 3 is 2.64 bits per heavy atom. The maximum Gasteiger partial charge on any atom is 0.328 e. The van der Waals surface area contributed by atoms with Gasteiger partial charge in [-0.1, -0.05) is 19.8 Å². The standard InChI is InChI=1S/C16H24N4O5/c1-10-6-4-5-7-13(10)17-14(21)9-25-15(22)8-19-12(3)16(20(23)24)11(2)18-19/h10,13H,4-9H2,1-3H3,(H,17,21)/t10-,13-/m0/s1. The van der Waals surface area contributed by atoms with Gasteiger partial charge in [0.1, 0.15) is 17.9 Å². The zero-order chi connectivity index (χ0) is 18.6. The fourth-order valence-electron chi connectivity index (χ4n) is 3.20. The Balaban J connectivity index is 1.83. The third-order valence-electron chi connectivity index (χ3n) is 4.63. The highest BCUT2D eigenvalue weighted by molar-refractivity contribution is 5.80. The third kappa shape index (κ3) is 4.77. The van der Waals surface area contributed by atoms with Crippen LogP contribution < -0.4 is 5.32 Å². The second-order valence-corrected chi connectivity index (χ2v) is 6.53. The van der Waals surface area contributed by atoms with Crippen molar-refractivity contribution >= 4 is 17.6 Å². The quantitative estimate of drug-likeness (QED) is 0.473. The van der Waals surface area contributed by atoms with E-state index in [0.29, 0.717) is 5.92 Å². The van der Waals surface area contributed by atoms with Crippen molar-refractivity contribution in [1.82, 2.24) is 15.1 Å². The van der Waals surface area contributed by atoms with Crippen LogP contribution in [0.4, 0.5) is 5.69 Å². The normalized spacial score (nSPS) is 20.1. The number of nitro groups is 1. The van der Waals surface area contributed by atoms with E-state index in [1.165, 1.54) is 25.0 Å². The lowest BCUT2D eigenvalue weighted by Crippen LogP contribution is -2.43. The van der Waals surface area contributed by atoms with Crippen molar-refractivity contribution < 1.29 is 19.2 Å². The number of aryl methyl sites for hydroxylation is 1. The van der Waals surface area contributed by atoms with Crippen molar-refractivity contribution in [3.8, 4) is 0 Å². The molecule has 1 aromatic heterocycles. The minimum Gasteiger partial charge on any atom is -0.454 e. The smallest absolute Gasteiger partial charge is 0.328 e. The maximum atomic E-state index is 11.9. The van der Waals surface area contributed by atoms with Crippen LogP contribution in [-0.4, -0.2) is 39.2 Å². The van der Waals surface area contributed by atoms with Crippen LogP contribution in [-0.2, 0) is 20.9 Å². The van der Waals surface area contributed by atoms with Crippen molar-refractivity contribution in [2.45, 2.75) is 59.0 Å². The Morgan fingerprint density at radius 2 is 2.04 bits per heavy atom. The van der Waals surface area contributed by atoms with Gasteiger partial charge in [-0.2, -0.15) is 5.10 Å². The Bertz CT molecular complexity index is 670. The number of carbonyl (C=O) groups is 2. The van der Waals surface area contributed by atoms with Gasteiger partial charge in [-0.05, 0) is 32.6 Å². The fourth-order valence-corrected chi connectivity index (χ4v) is 3.20. The summed E-state index contributed by atoms with van der Waals surface area (Å²) in [6.07, 6.45) is 4.29. The summed E-state index contributed by atoms with van der Waals surface area (Å²) in [4.78, 5) is 34.2. The first-order valence-corrected chi connectivity index (χ1v) is 8.43. The van der Waals surface area contributed by atoms with Crippen LogP contribution >= 0.6 is 0 Å². The molecule has 0 unspecified atom stereocenters. The largest absolute Gasteiger partial charge is 0.454 e. The summed E-state index contributed by atoms with van der Waals surface area (Å²) >= 11 is 0. The minimum absolute atomic E-state index is 0.114. The van der Waals surface area contributed by atoms with Crippen molar-refractivity contribution in [2.24, 2.45) is 5.92 Å². The molecule has 25 heavy (non-hydrogen) atoms.